The molecule has 7 heteroatoms. The average molecular weight is 283 g/mol. The number of amides is 3. The Bertz CT molecular complexity index is 433. The molecule has 0 atom stereocenters. The molecule has 0 aromatic heterocycles. The summed E-state index contributed by atoms with van der Waals surface area (Å²) in [5.74, 6) is -0.604. The van der Waals surface area contributed by atoms with E-state index >= 15 is 0 Å². The van der Waals surface area contributed by atoms with Crippen molar-refractivity contribution >= 4 is 17.9 Å². The monoisotopic (exact) mass is 283 g/mol. The first-order valence-corrected chi connectivity index (χ1v) is 6.79. The van der Waals surface area contributed by atoms with E-state index in [0.29, 0.717) is 25.9 Å². The molecule has 0 aromatic carbocycles. The van der Waals surface area contributed by atoms with Crippen LogP contribution in [0.2, 0.25) is 0 Å². The quantitative estimate of drug-likeness (QED) is 0.611. The molecule has 2 heterocycles. The van der Waals surface area contributed by atoms with Crippen molar-refractivity contribution in [1.29, 1.82) is 0 Å². The summed E-state index contributed by atoms with van der Waals surface area (Å²) in [7, 11) is 0. The van der Waals surface area contributed by atoms with Gasteiger partial charge < -0.3 is 9.64 Å². The van der Waals surface area contributed by atoms with Crippen molar-refractivity contribution in [3.63, 3.8) is 0 Å². The van der Waals surface area contributed by atoms with Crippen LogP contribution in [0.25, 0.3) is 0 Å². The Morgan fingerprint density at radius 2 is 1.85 bits per heavy atom. The first-order valence-electron chi connectivity index (χ1n) is 6.79. The first-order chi connectivity index (χ1) is 9.22. The zero-order valence-corrected chi connectivity index (χ0v) is 12.1. The summed E-state index contributed by atoms with van der Waals surface area (Å²) in [6, 6.07) is 0. The number of imide groups is 1. The molecule has 2 aliphatic heterocycles. The Labute approximate surface area is 118 Å². The average Bonchev–Trinajstić information content (AvgIpc) is 2.33. The van der Waals surface area contributed by atoms with E-state index in [0.717, 1.165) is 0 Å². The third-order valence-electron chi connectivity index (χ3n) is 3.54. The molecule has 1 spiro atoms. The normalized spacial score (nSPS) is 22.6. The molecule has 0 bridgehead atoms. The lowest BCUT2D eigenvalue weighted by atomic mass is 9.85. The molecule has 3 amide bonds. The van der Waals surface area contributed by atoms with Gasteiger partial charge in [-0.2, -0.15) is 0 Å². The van der Waals surface area contributed by atoms with Gasteiger partial charge in [0.1, 0.15) is 11.1 Å². The summed E-state index contributed by atoms with van der Waals surface area (Å²) in [5, 5.41) is 5.35. The highest BCUT2D eigenvalue weighted by Gasteiger charge is 2.45. The van der Waals surface area contributed by atoms with Gasteiger partial charge in [-0.3, -0.25) is 20.2 Å². The summed E-state index contributed by atoms with van der Waals surface area (Å²) in [6.45, 7) is 6.46. The van der Waals surface area contributed by atoms with Crippen molar-refractivity contribution < 1.29 is 19.1 Å². The molecule has 2 N–H and O–H groups in total. The predicted molar refractivity (Wildman–Crippen MR) is 70.9 cm³/mol. The van der Waals surface area contributed by atoms with Crippen molar-refractivity contribution in [2.75, 3.05) is 19.6 Å². The Morgan fingerprint density at radius 3 is 2.35 bits per heavy atom. The molecule has 20 heavy (non-hydrogen) atoms. The molecule has 112 valence electrons. The van der Waals surface area contributed by atoms with E-state index in [2.05, 4.69) is 10.6 Å². The Kier molecular flexibility index (Phi) is 3.73. The summed E-state index contributed by atoms with van der Waals surface area (Å²) in [4.78, 5) is 36.7. The lowest BCUT2D eigenvalue weighted by molar-refractivity contribution is -0.140. The smallest absolute Gasteiger partial charge is 0.410 e. The molecular weight excluding hydrogens is 262 g/mol. The van der Waals surface area contributed by atoms with Crippen molar-refractivity contribution in [3.8, 4) is 0 Å². The van der Waals surface area contributed by atoms with E-state index in [-0.39, 0.29) is 24.5 Å². The van der Waals surface area contributed by atoms with Crippen molar-refractivity contribution in [1.82, 2.24) is 15.5 Å². The fraction of sp³-hybridized carbons (Fsp3) is 0.769. The van der Waals surface area contributed by atoms with E-state index in [1.807, 2.05) is 20.8 Å². The number of ether oxygens (including phenoxy) is 1. The van der Waals surface area contributed by atoms with Crippen molar-refractivity contribution in [2.24, 2.45) is 0 Å². The van der Waals surface area contributed by atoms with Gasteiger partial charge in [-0.15, -0.1) is 0 Å². The summed E-state index contributed by atoms with van der Waals surface area (Å²) >= 11 is 0. The van der Waals surface area contributed by atoms with Gasteiger partial charge in [-0.1, -0.05) is 0 Å². The summed E-state index contributed by atoms with van der Waals surface area (Å²) < 4.78 is 5.31. The van der Waals surface area contributed by atoms with E-state index in [4.69, 9.17) is 4.74 Å². The minimum absolute atomic E-state index is 0.137. The maximum atomic E-state index is 12.0. The molecule has 2 rings (SSSR count). The van der Waals surface area contributed by atoms with Crippen LogP contribution in [0.3, 0.4) is 0 Å². The highest BCUT2D eigenvalue weighted by molar-refractivity contribution is 6.03. The standard InChI is InChI=1S/C13H21N3O4/c1-12(2,3)20-11(19)16-6-4-13(5-7-16)10(18)15-9(17)8-14-13/h14H,4-8H2,1-3H3,(H,15,17,18). The van der Waals surface area contributed by atoms with Crippen molar-refractivity contribution in [2.45, 2.75) is 44.8 Å². The van der Waals surface area contributed by atoms with Crippen LogP contribution in [0.1, 0.15) is 33.6 Å². The maximum Gasteiger partial charge on any atom is 0.410 e. The van der Waals surface area contributed by atoms with Crippen LogP contribution in [-0.4, -0.2) is 53.6 Å². The topological polar surface area (TPSA) is 87.7 Å². The van der Waals surface area contributed by atoms with Crippen LogP contribution in [0.15, 0.2) is 0 Å². The van der Waals surface area contributed by atoms with Crippen LogP contribution in [-0.2, 0) is 14.3 Å². The third kappa shape index (κ3) is 3.09. The maximum absolute atomic E-state index is 12.0. The van der Waals surface area contributed by atoms with Gasteiger partial charge in [0.2, 0.25) is 11.8 Å². The second kappa shape index (κ2) is 5.05. The number of piperidine rings is 1. The van der Waals surface area contributed by atoms with Gasteiger partial charge in [0.05, 0.1) is 6.54 Å². The number of likely N-dealkylation sites (tertiary alicyclic amines) is 1. The molecular formula is C13H21N3O4. The number of carbonyl (C=O) groups excluding carboxylic acids is 3. The summed E-state index contributed by atoms with van der Waals surface area (Å²) in [6.07, 6.45) is 0.594. The number of rotatable bonds is 0. The Hall–Kier alpha value is -1.63. The lowest BCUT2D eigenvalue weighted by Gasteiger charge is -2.42. The molecule has 0 aliphatic carbocycles. The molecule has 7 nitrogen and oxygen atoms in total. The first kappa shape index (κ1) is 14.8. The molecule has 2 saturated heterocycles. The number of nitrogens with one attached hydrogen (secondary N) is 2. The van der Waals surface area contributed by atoms with Crippen LogP contribution < -0.4 is 10.6 Å². The number of hydrogen-bond donors (Lipinski definition) is 2. The highest BCUT2D eigenvalue weighted by atomic mass is 16.6. The Morgan fingerprint density at radius 1 is 1.25 bits per heavy atom. The minimum Gasteiger partial charge on any atom is -0.444 e. The van der Waals surface area contributed by atoms with Gasteiger partial charge in [-0.25, -0.2) is 4.79 Å². The number of piperazine rings is 1. The van der Waals surface area contributed by atoms with Gasteiger partial charge in [0.15, 0.2) is 0 Å². The summed E-state index contributed by atoms with van der Waals surface area (Å²) in [5.41, 5.74) is -1.26. The second-order valence-electron chi connectivity index (χ2n) is 6.28. The predicted octanol–water partition coefficient (Wildman–Crippen LogP) is 0.00210. The minimum atomic E-state index is -0.730. The zero-order valence-electron chi connectivity index (χ0n) is 12.1. The molecule has 2 fully saturated rings. The van der Waals surface area contributed by atoms with E-state index in [9.17, 15) is 14.4 Å². The van der Waals surface area contributed by atoms with Gasteiger partial charge >= 0.3 is 6.09 Å². The van der Waals surface area contributed by atoms with Crippen LogP contribution in [0, 0.1) is 0 Å². The molecule has 0 aromatic rings. The highest BCUT2D eigenvalue weighted by Crippen LogP contribution is 2.25. The van der Waals surface area contributed by atoms with E-state index in [1.54, 1.807) is 4.90 Å². The lowest BCUT2D eigenvalue weighted by Crippen LogP contribution is -2.68. The van der Waals surface area contributed by atoms with Crippen LogP contribution in [0.5, 0.6) is 0 Å². The second-order valence-corrected chi connectivity index (χ2v) is 6.28. The van der Waals surface area contributed by atoms with E-state index in [1.165, 1.54) is 0 Å². The van der Waals surface area contributed by atoms with Crippen LogP contribution in [0.4, 0.5) is 4.79 Å². The fourth-order valence-electron chi connectivity index (χ4n) is 2.42. The molecule has 0 unspecified atom stereocenters. The van der Waals surface area contributed by atoms with Gasteiger partial charge in [-0.05, 0) is 33.6 Å². The number of carbonyl (C=O) groups is 3. The molecule has 0 saturated carbocycles. The largest absolute Gasteiger partial charge is 0.444 e. The SMILES string of the molecule is CC(C)(C)OC(=O)N1CCC2(CC1)NCC(=O)NC2=O. The zero-order chi connectivity index (χ0) is 15.0. The van der Waals surface area contributed by atoms with Crippen LogP contribution >= 0.6 is 0 Å². The number of hydrogen-bond acceptors (Lipinski definition) is 5. The van der Waals surface area contributed by atoms with Gasteiger partial charge in [0.25, 0.3) is 0 Å². The van der Waals surface area contributed by atoms with E-state index < -0.39 is 11.1 Å². The third-order valence-corrected chi connectivity index (χ3v) is 3.54. The van der Waals surface area contributed by atoms with Crippen molar-refractivity contribution in [3.05, 3.63) is 0 Å². The van der Waals surface area contributed by atoms with Gasteiger partial charge in [0, 0.05) is 13.1 Å². The molecule has 2 aliphatic rings. The number of nitrogens with zero attached hydrogens (tertiary/aromatic N) is 1. The Balaban J connectivity index is 1.94. The fourth-order valence-corrected chi connectivity index (χ4v) is 2.42. The molecule has 0 radical (unpaired) electrons.